The van der Waals surface area contributed by atoms with Gasteiger partial charge in [0.25, 0.3) is 0 Å². The number of hydrogen-bond acceptors (Lipinski definition) is 3. The fourth-order valence-electron chi connectivity index (χ4n) is 0.962. The van der Waals surface area contributed by atoms with Gasteiger partial charge in [-0.15, -0.1) is 5.10 Å². The van der Waals surface area contributed by atoms with Crippen LogP contribution in [0, 0.1) is 0 Å². The van der Waals surface area contributed by atoms with Gasteiger partial charge in [-0.05, 0) is 31.2 Å². The predicted molar refractivity (Wildman–Crippen MR) is 42.8 cm³/mol. The van der Waals surface area contributed by atoms with Crippen LogP contribution in [0.1, 0.15) is 26.6 Å². The summed E-state index contributed by atoms with van der Waals surface area (Å²) in [7, 11) is 0. The van der Waals surface area contributed by atoms with Crippen molar-refractivity contribution < 1.29 is 22.0 Å². The van der Waals surface area contributed by atoms with Crippen LogP contribution in [-0.4, -0.2) is 26.4 Å². The summed E-state index contributed by atoms with van der Waals surface area (Å²) in [6.07, 6.45) is -5.72. The van der Waals surface area contributed by atoms with Gasteiger partial charge in [0.15, 0.2) is 0 Å². The Labute approximate surface area is 87.4 Å². The first-order chi connectivity index (χ1) is 6.98. The Kier molecular flexibility index (Phi) is 2.68. The summed E-state index contributed by atoms with van der Waals surface area (Å²) >= 11 is 0. The second-order valence-electron chi connectivity index (χ2n) is 4.16. The molecule has 1 aromatic heterocycles. The minimum atomic E-state index is -5.72. The van der Waals surface area contributed by atoms with Crippen LogP contribution >= 0.6 is 0 Å². The molecule has 0 bridgehead atoms. The second-order valence-corrected chi connectivity index (χ2v) is 4.16. The van der Waals surface area contributed by atoms with Crippen LogP contribution in [-0.2, 0) is 11.5 Å². The summed E-state index contributed by atoms with van der Waals surface area (Å²) < 4.78 is 62.8. The van der Waals surface area contributed by atoms with Crippen molar-refractivity contribution in [1.29, 1.82) is 0 Å². The molecule has 16 heavy (non-hydrogen) atoms. The van der Waals surface area contributed by atoms with E-state index < -0.39 is 23.5 Å². The number of nitrogens with zero attached hydrogens (tertiary/aromatic N) is 4. The van der Waals surface area contributed by atoms with Gasteiger partial charge in [0, 0.05) is 0 Å². The van der Waals surface area contributed by atoms with E-state index in [0.29, 0.717) is 4.68 Å². The maximum atomic E-state index is 13.0. The summed E-state index contributed by atoms with van der Waals surface area (Å²) in [5.74, 6) is -6.57. The molecule has 9 heteroatoms. The van der Waals surface area contributed by atoms with E-state index in [0.717, 1.165) is 0 Å². The molecule has 0 aliphatic heterocycles. The molecule has 0 aliphatic carbocycles. The minimum absolute atomic E-state index is 0.459. The molecule has 0 saturated carbocycles. The molecule has 0 fully saturated rings. The maximum Gasteiger partial charge on any atom is 0.461 e. The van der Waals surface area contributed by atoms with E-state index in [2.05, 4.69) is 15.5 Å². The van der Waals surface area contributed by atoms with Crippen LogP contribution in [0.2, 0.25) is 0 Å². The van der Waals surface area contributed by atoms with Crippen LogP contribution in [0.5, 0.6) is 0 Å². The van der Waals surface area contributed by atoms with Crippen molar-refractivity contribution in [3.05, 3.63) is 5.82 Å². The number of aromatic nitrogens is 4. The molecule has 1 aromatic rings. The summed E-state index contributed by atoms with van der Waals surface area (Å²) in [6, 6.07) is 0. The van der Waals surface area contributed by atoms with E-state index >= 15 is 0 Å². The Morgan fingerprint density at radius 3 is 1.88 bits per heavy atom. The molecule has 4 nitrogen and oxygen atoms in total. The molecule has 0 aromatic carbocycles. The average molecular weight is 244 g/mol. The minimum Gasteiger partial charge on any atom is -0.219 e. The van der Waals surface area contributed by atoms with Crippen molar-refractivity contribution >= 4 is 0 Å². The lowest BCUT2D eigenvalue weighted by molar-refractivity contribution is -0.294. The second kappa shape index (κ2) is 3.36. The highest BCUT2D eigenvalue weighted by molar-refractivity contribution is 5.00. The Bertz CT molecular complexity index is 375. The third-order valence-electron chi connectivity index (χ3n) is 1.74. The third kappa shape index (κ3) is 1.98. The van der Waals surface area contributed by atoms with Gasteiger partial charge in [0.2, 0.25) is 5.82 Å². The summed E-state index contributed by atoms with van der Waals surface area (Å²) in [5, 5.41) is 8.75. The van der Waals surface area contributed by atoms with E-state index in [4.69, 9.17) is 0 Å². The van der Waals surface area contributed by atoms with Gasteiger partial charge in [-0.25, -0.2) is 4.68 Å². The first kappa shape index (κ1) is 12.8. The highest BCUT2D eigenvalue weighted by atomic mass is 19.4. The molecule has 0 N–H and O–H groups in total. The zero-order valence-electron chi connectivity index (χ0n) is 8.68. The molecule has 0 radical (unpaired) electrons. The van der Waals surface area contributed by atoms with Gasteiger partial charge < -0.3 is 0 Å². The number of halogens is 5. The summed E-state index contributed by atoms with van der Waals surface area (Å²) in [6.45, 7) is 4.25. The molecule has 0 aliphatic rings. The predicted octanol–water partition coefficient (Wildman–Crippen LogP) is 2.08. The molecule has 1 rings (SSSR count). The summed E-state index contributed by atoms with van der Waals surface area (Å²) in [5.41, 5.74) is -1.06. The smallest absolute Gasteiger partial charge is 0.219 e. The van der Waals surface area contributed by atoms with Crippen LogP contribution in [0.4, 0.5) is 22.0 Å². The Morgan fingerprint density at radius 2 is 1.50 bits per heavy atom. The first-order valence-corrected chi connectivity index (χ1v) is 4.22. The standard InChI is InChI=1S/C7H9F5N4/c1-5(2,3)16-4(13-14-15-16)6(8,9)7(10,11)12/h1-3H3. The normalized spacial score (nSPS) is 14.2. The van der Waals surface area contributed by atoms with Crippen molar-refractivity contribution in [2.75, 3.05) is 0 Å². The Balaban J connectivity index is 3.31. The van der Waals surface area contributed by atoms with Gasteiger partial charge >= 0.3 is 12.1 Å². The molecular weight excluding hydrogens is 235 g/mol. The molecule has 0 spiro atoms. The van der Waals surface area contributed by atoms with E-state index in [1.165, 1.54) is 20.8 Å². The lowest BCUT2D eigenvalue weighted by Crippen LogP contribution is -2.39. The quantitative estimate of drug-likeness (QED) is 0.710. The topological polar surface area (TPSA) is 43.6 Å². The molecule has 0 atom stereocenters. The van der Waals surface area contributed by atoms with Gasteiger partial charge in [0.1, 0.15) is 0 Å². The molecule has 0 saturated heterocycles. The van der Waals surface area contributed by atoms with Gasteiger partial charge in [-0.2, -0.15) is 22.0 Å². The molecular formula is C7H9F5N4. The van der Waals surface area contributed by atoms with E-state index in [1.807, 2.05) is 0 Å². The van der Waals surface area contributed by atoms with Crippen LogP contribution < -0.4 is 0 Å². The molecule has 0 amide bonds. The van der Waals surface area contributed by atoms with Crippen LogP contribution in [0.3, 0.4) is 0 Å². The zero-order chi connectivity index (χ0) is 12.8. The fourth-order valence-corrected chi connectivity index (χ4v) is 0.962. The van der Waals surface area contributed by atoms with E-state index in [9.17, 15) is 22.0 Å². The van der Waals surface area contributed by atoms with Gasteiger partial charge in [-0.1, -0.05) is 0 Å². The largest absolute Gasteiger partial charge is 0.461 e. The number of alkyl halides is 5. The lowest BCUT2D eigenvalue weighted by atomic mass is 10.1. The van der Waals surface area contributed by atoms with Crippen molar-refractivity contribution in [2.24, 2.45) is 0 Å². The average Bonchev–Trinajstić information content (AvgIpc) is 2.47. The SMILES string of the molecule is CC(C)(C)n1nnnc1C(F)(F)C(F)(F)F. The molecule has 0 unspecified atom stereocenters. The van der Waals surface area contributed by atoms with E-state index in [1.54, 1.807) is 0 Å². The number of rotatable bonds is 1. The molecule has 92 valence electrons. The Hall–Kier alpha value is -1.28. The highest BCUT2D eigenvalue weighted by Crippen LogP contribution is 2.43. The van der Waals surface area contributed by atoms with Gasteiger partial charge in [-0.3, -0.25) is 0 Å². The summed E-state index contributed by atoms with van der Waals surface area (Å²) in [4.78, 5) is 0. The number of hydrogen-bond donors (Lipinski definition) is 0. The molecule has 1 heterocycles. The van der Waals surface area contributed by atoms with Crippen LogP contribution in [0.15, 0.2) is 0 Å². The monoisotopic (exact) mass is 244 g/mol. The lowest BCUT2D eigenvalue weighted by Gasteiger charge is -2.24. The van der Waals surface area contributed by atoms with Crippen molar-refractivity contribution in [1.82, 2.24) is 20.2 Å². The Morgan fingerprint density at radius 1 is 1.00 bits per heavy atom. The van der Waals surface area contributed by atoms with Crippen molar-refractivity contribution in [2.45, 2.75) is 38.4 Å². The van der Waals surface area contributed by atoms with Gasteiger partial charge in [0.05, 0.1) is 5.54 Å². The third-order valence-corrected chi connectivity index (χ3v) is 1.74. The van der Waals surface area contributed by atoms with Crippen LogP contribution in [0.25, 0.3) is 0 Å². The van der Waals surface area contributed by atoms with E-state index in [-0.39, 0.29) is 0 Å². The van der Waals surface area contributed by atoms with Crippen molar-refractivity contribution in [3.63, 3.8) is 0 Å². The highest BCUT2D eigenvalue weighted by Gasteiger charge is 2.62. The number of tetrazole rings is 1. The maximum absolute atomic E-state index is 13.0. The van der Waals surface area contributed by atoms with Crippen molar-refractivity contribution in [3.8, 4) is 0 Å². The zero-order valence-corrected chi connectivity index (χ0v) is 8.68. The first-order valence-electron chi connectivity index (χ1n) is 4.22. The fraction of sp³-hybridized carbons (Fsp3) is 0.857.